The van der Waals surface area contributed by atoms with Gasteiger partial charge in [-0.1, -0.05) is 0 Å². The summed E-state index contributed by atoms with van der Waals surface area (Å²) in [5, 5.41) is 4.80. The number of alkyl carbamates (subject to hydrolysis) is 1. The highest BCUT2D eigenvalue weighted by molar-refractivity contribution is 5.68. The second kappa shape index (κ2) is 4.53. The maximum Gasteiger partial charge on any atom is 0.408 e. The molecule has 4 nitrogen and oxygen atoms in total. The number of nitrogens with one attached hydrogen (secondary N) is 2. The van der Waals surface area contributed by atoms with Gasteiger partial charge in [-0.2, -0.15) is 0 Å². The van der Waals surface area contributed by atoms with Crippen LogP contribution in [0.25, 0.3) is 0 Å². The van der Waals surface area contributed by atoms with Crippen molar-refractivity contribution < 1.29 is 18.3 Å². The Morgan fingerprint density at radius 2 is 2.12 bits per heavy atom. The summed E-state index contributed by atoms with van der Waals surface area (Å²) in [6.07, 6.45) is -0.592. The third kappa shape index (κ3) is 3.92. The van der Waals surface area contributed by atoms with Gasteiger partial charge in [0.25, 0.3) is 5.92 Å². The Hall–Kier alpha value is -0.910. The molecule has 1 fully saturated rings. The summed E-state index contributed by atoms with van der Waals surface area (Å²) >= 11 is 0. The van der Waals surface area contributed by atoms with Crippen molar-refractivity contribution in [1.82, 2.24) is 10.6 Å². The molecule has 6 heteroatoms. The second-order valence-electron chi connectivity index (χ2n) is 4.93. The molecule has 0 spiro atoms. The Kier molecular flexibility index (Phi) is 3.72. The molecule has 1 rings (SSSR count). The summed E-state index contributed by atoms with van der Waals surface area (Å²) in [6.45, 7) is 5.12. The molecular weight excluding hydrogens is 218 g/mol. The van der Waals surface area contributed by atoms with Crippen molar-refractivity contribution in [3.8, 4) is 0 Å². The largest absolute Gasteiger partial charge is 0.444 e. The zero-order chi connectivity index (χ0) is 12.4. The number of piperidine rings is 1. The van der Waals surface area contributed by atoms with Crippen molar-refractivity contribution in [2.45, 2.75) is 44.8 Å². The molecule has 16 heavy (non-hydrogen) atoms. The fraction of sp³-hybridized carbons (Fsp3) is 0.900. The minimum absolute atomic E-state index is 0.201. The van der Waals surface area contributed by atoms with Gasteiger partial charge < -0.3 is 15.4 Å². The summed E-state index contributed by atoms with van der Waals surface area (Å²) in [7, 11) is 0. The quantitative estimate of drug-likeness (QED) is 0.725. The standard InChI is InChI=1S/C10H18F2N2O2/c1-9(2,3)16-8(15)14-7-4-5-13-6-10(7,11)12/h7,13H,4-6H2,1-3H3,(H,14,15)/t7-/m1/s1. The molecule has 0 radical (unpaired) electrons. The van der Waals surface area contributed by atoms with Crippen molar-refractivity contribution in [2.75, 3.05) is 13.1 Å². The Balaban J connectivity index is 2.49. The molecule has 1 aliphatic heterocycles. The Bertz CT molecular complexity index is 264. The van der Waals surface area contributed by atoms with Gasteiger partial charge in [-0.25, -0.2) is 13.6 Å². The predicted molar refractivity (Wildman–Crippen MR) is 55.6 cm³/mol. The van der Waals surface area contributed by atoms with Crippen LogP contribution in [0.2, 0.25) is 0 Å². The van der Waals surface area contributed by atoms with E-state index in [9.17, 15) is 13.6 Å². The summed E-state index contributed by atoms with van der Waals surface area (Å²) in [5.74, 6) is -2.92. The van der Waals surface area contributed by atoms with Crippen LogP contribution in [0.3, 0.4) is 0 Å². The van der Waals surface area contributed by atoms with Crippen LogP contribution < -0.4 is 10.6 Å². The van der Waals surface area contributed by atoms with E-state index in [4.69, 9.17) is 4.74 Å². The van der Waals surface area contributed by atoms with Crippen molar-refractivity contribution in [3.05, 3.63) is 0 Å². The molecule has 1 heterocycles. The lowest BCUT2D eigenvalue weighted by molar-refractivity contribution is -0.0537. The first-order chi connectivity index (χ1) is 7.21. The number of hydrogen-bond acceptors (Lipinski definition) is 3. The van der Waals surface area contributed by atoms with E-state index in [1.807, 2.05) is 0 Å². The van der Waals surface area contributed by atoms with E-state index in [-0.39, 0.29) is 6.42 Å². The van der Waals surface area contributed by atoms with Gasteiger partial charge in [0.2, 0.25) is 0 Å². The molecule has 1 aliphatic rings. The van der Waals surface area contributed by atoms with E-state index in [1.54, 1.807) is 20.8 Å². The first-order valence-corrected chi connectivity index (χ1v) is 5.29. The molecule has 0 saturated carbocycles. The molecule has 1 atom stereocenters. The Morgan fingerprint density at radius 1 is 1.50 bits per heavy atom. The molecule has 1 amide bonds. The van der Waals surface area contributed by atoms with Crippen LogP contribution in [-0.2, 0) is 4.74 Å². The third-order valence-corrected chi connectivity index (χ3v) is 2.17. The van der Waals surface area contributed by atoms with Gasteiger partial charge in [-0.3, -0.25) is 0 Å². The fourth-order valence-electron chi connectivity index (χ4n) is 1.46. The minimum Gasteiger partial charge on any atom is -0.444 e. The van der Waals surface area contributed by atoms with Crippen LogP contribution in [0, 0.1) is 0 Å². The smallest absolute Gasteiger partial charge is 0.408 e. The monoisotopic (exact) mass is 236 g/mol. The summed E-state index contributed by atoms with van der Waals surface area (Å²) in [5.41, 5.74) is -0.674. The average Bonchev–Trinajstić information content (AvgIpc) is 2.05. The fourth-order valence-corrected chi connectivity index (χ4v) is 1.46. The minimum atomic E-state index is -2.92. The van der Waals surface area contributed by atoms with E-state index >= 15 is 0 Å². The normalized spacial score (nSPS) is 24.9. The number of ether oxygens (including phenoxy) is 1. The lowest BCUT2D eigenvalue weighted by Gasteiger charge is -2.32. The van der Waals surface area contributed by atoms with Crippen molar-refractivity contribution >= 4 is 6.09 Å². The van der Waals surface area contributed by atoms with Crippen LogP contribution in [0.15, 0.2) is 0 Å². The zero-order valence-electron chi connectivity index (χ0n) is 9.77. The molecule has 94 valence electrons. The maximum absolute atomic E-state index is 13.3. The summed E-state index contributed by atoms with van der Waals surface area (Å²) in [4.78, 5) is 11.3. The second-order valence-corrected chi connectivity index (χ2v) is 4.93. The number of carbonyl (C=O) groups is 1. The number of amides is 1. The van der Waals surface area contributed by atoms with Crippen molar-refractivity contribution in [1.29, 1.82) is 0 Å². The number of rotatable bonds is 1. The first kappa shape index (κ1) is 13.2. The number of carbonyl (C=O) groups excluding carboxylic acids is 1. The molecule has 1 saturated heterocycles. The first-order valence-electron chi connectivity index (χ1n) is 5.29. The molecule has 0 unspecified atom stereocenters. The molecule has 0 aliphatic carbocycles. The summed E-state index contributed by atoms with van der Waals surface area (Å²) < 4.78 is 31.6. The highest BCUT2D eigenvalue weighted by Crippen LogP contribution is 2.23. The lowest BCUT2D eigenvalue weighted by atomic mass is 10.0. The number of alkyl halides is 2. The number of hydrogen-bond donors (Lipinski definition) is 2. The van der Waals surface area contributed by atoms with Gasteiger partial charge >= 0.3 is 6.09 Å². The highest BCUT2D eigenvalue weighted by Gasteiger charge is 2.42. The van der Waals surface area contributed by atoms with E-state index in [2.05, 4.69) is 10.6 Å². The predicted octanol–water partition coefficient (Wildman–Crippen LogP) is 1.51. The molecular formula is C10H18F2N2O2. The van der Waals surface area contributed by atoms with Gasteiger partial charge in [-0.05, 0) is 33.7 Å². The molecule has 2 N–H and O–H groups in total. The third-order valence-electron chi connectivity index (χ3n) is 2.17. The van der Waals surface area contributed by atoms with E-state index in [1.165, 1.54) is 0 Å². The van der Waals surface area contributed by atoms with Crippen LogP contribution in [0.5, 0.6) is 0 Å². The van der Waals surface area contributed by atoms with Crippen LogP contribution in [0.1, 0.15) is 27.2 Å². The van der Waals surface area contributed by atoms with Crippen molar-refractivity contribution in [2.24, 2.45) is 0 Å². The highest BCUT2D eigenvalue weighted by atomic mass is 19.3. The van der Waals surface area contributed by atoms with Crippen LogP contribution >= 0.6 is 0 Å². The molecule has 0 bridgehead atoms. The maximum atomic E-state index is 13.3. The molecule has 0 aromatic carbocycles. The zero-order valence-corrected chi connectivity index (χ0v) is 9.77. The van der Waals surface area contributed by atoms with E-state index in [0.717, 1.165) is 0 Å². The Labute approximate surface area is 93.7 Å². The van der Waals surface area contributed by atoms with Gasteiger partial charge in [0, 0.05) is 0 Å². The lowest BCUT2D eigenvalue weighted by Crippen LogP contribution is -2.57. The SMILES string of the molecule is CC(C)(C)OC(=O)N[C@@H]1CCNCC1(F)F. The topological polar surface area (TPSA) is 50.4 Å². The average molecular weight is 236 g/mol. The van der Waals surface area contributed by atoms with Gasteiger partial charge in [0.1, 0.15) is 5.60 Å². The van der Waals surface area contributed by atoms with Gasteiger partial charge in [-0.15, -0.1) is 0 Å². The number of halogens is 2. The van der Waals surface area contributed by atoms with E-state index in [0.29, 0.717) is 6.54 Å². The van der Waals surface area contributed by atoms with Crippen LogP contribution in [-0.4, -0.2) is 36.7 Å². The van der Waals surface area contributed by atoms with Crippen LogP contribution in [0.4, 0.5) is 13.6 Å². The molecule has 0 aromatic rings. The van der Waals surface area contributed by atoms with Gasteiger partial charge in [0.05, 0.1) is 12.6 Å². The van der Waals surface area contributed by atoms with E-state index < -0.39 is 30.2 Å². The Morgan fingerprint density at radius 3 is 2.62 bits per heavy atom. The molecule has 0 aromatic heterocycles. The van der Waals surface area contributed by atoms with Crippen molar-refractivity contribution in [3.63, 3.8) is 0 Å². The van der Waals surface area contributed by atoms with Gasteiger partial charge in [0.15, 0.2) is 0 Å². The summed E-state index contributed by atoms with van der Waals surface area (Å²) in [6, 6.07) is -1.15.